The van der Waals surface area contributed by atoms with E-state index in [0.717, 1.165) is 0 Å². The summed E-state index contributed by atoms with van der Waals surface area (Å²) < 4.78 is 19.1. The van der Waals surface area contributed by atoms with E-state index in [2.05, 4.69) is 41.2 Å². The Morgan fingerprint density at radius 3 is 1.35 bits per heavy atom. The Balaban J connectivity index is 0.000000662. The fraction of sp³-hybridized carbons (Fsp3) is 0.500. The third kappa shape index (κ3) is 11.5. The van der Waals surface area contributed by atoms with Crippen LogP contribution in [0.5, 0.6) is 0 Å². The average molecular weight is 412 g/mol. The molecule has 0 aliphatic heterocycles. The smallest absolute Gasteiger partial charge is 0.295 e. The largest absolute Gasteiger partial charge is 0.300 e. The maximum atomic E-state index is 10.1. The van der Waals surface area contributed by atoms with Crippen molar-refractivity contribution in [3.05, 3.63) is 31.1 Å². The number of aromatic nitrogens is 6. The number of hydrogen-bond acceptors (Lipinski definition) is 8. The molecule has 0 aromatic carbocycles. The highest BCUT2D eigenvalue weighted by Crippen LogP contribution is 2.11. The predicted octanol–water partition coefficient (Wildman–Crippen LogP) is -1.19. The van der Waals surface area contributed by atoms with Crippen LogP contribution in [0.2, 0.25) is 0 Å². The molecule has 0 saturated carbocycles. The summed E-state index contributed by atoms with van der Waals surface area (Å²) in [5, 5.41) is 30.1. The lowest BCUT2D eigenvalue weighted by Crippen LogP contribution is -2.12. The second-order valence-corrected chi connectivity index (χ2v) is 7.22. The molecule has 2 aromatic heterocycles. The molecule has 0 aliphatic rings. The zero-order valence-electron chi connectivity index (χ0n) is 13.9. The summed E-state index contributed by atoms with van der Waals surface area (Å²) in [5.41, 5.74) is 5.85. The molecular weight excluding hydrogens is 396 g/mol. The van der Waals surface area contributed by atoms with Gasteiger partial charge in [-0.15, -0.1) is 0 Å². The number of H-pyrrole nitrogens is 4. The Kier molecular flexibility index (Phi) is 10.2. The van der Waals surface area contributed by atoms with Gasteiger partial charge in [0.2, 0.25) is 0 Å². The lowest BCUT2D eigenvalue weighted by atomic mass is 10.6. The zero-order chi connectivity index (χ0) is 20.3. The maximum Gasteiger partial charge on any atom is 0.295 e. The predicted molar refractivity (Wildman–Crippen MR) is 89.3 cm³/mol. The summed E-state index contributed by atoms with van der Waals surface area (Å²) in [7, 11) is -1.22. The summed E-state index contributed by atoms with van der Waals surface area (Å²) in [4.78, 5) is 25.0. The number of hydrogen-bond donors (Lipinski definition) is 2. The molecule has 146 valence electrons. The lowest BCUT2D eigenvalue weighted by Gasteiger charge is -1.86. The SMILES string of the molecule is CS(C)=O.CS(C)=O.O=[N+]([O-])[N-]c1[nH]nc(-c2n[nH]c([N-][N+](=O)[O-])[nH+]2)[nH+]1. The van der Waals surface area contributed by atoms with Crippen LogP contribution in [-0.2, 0) is 21.6 Å². The van der Waals surface area contributed by atoms with Crippen LogP contribution in [0.1, 0.15) is 0 Å². The number of nitrogens with zero attached hydrogens (tertiary/aromatic N) is 6. The van der Waals surface area contributed by atoms with Gasteiger partial charge in [-0.3, -0.25) is 18.4 Å². The monoisotopic (exact) mass is 412 g/mol. The fourth-order valence-corrected chi connectivity index (χ4v) is 1.04. The standard InChI is InChI=1S/C4H2N10O4.2C2H6OS/c15-13(16)11-3-5-1(7-9-3)2-6-4(10-8-2)12-14(17)18;2*1-4(2)3/h(H2-2,5,6,7,8,9,10,11,12);2*1-2H3/q-2;;/p+2. The van der Waals surface area contributed by atoms with Gasteiger partial charge < -0.3 is 0 Å². The molecular formula is C8H16N10O6S2. The van der Waals surface area contributed by atoms with E-state index in [4.69, 9.17) is 0 Å². The summed E-state index contributed by atoms with van der Waals surface area (Å²) in [5.74, 6) is -0.286. The van der Waals surface area contributed by atoms with Gasteiger partial charge in [-0.25, -0.2) is 30.4 Å². The van der Waals surface area contributed by atoms with Crippen LogP contribution >= 0.6 is 0 Å². The van der Waals surface area contributed by atoms with E-state index in [0.29, 0.717) is 0 Å². The Morgan fingerprint density at radius 1 is 0.846 bits per heavy atom. The minimum Gasteiger partial charge on any atom is -0.300 e. The molecule has 0 atom stereocenters. The highest BCUT2D eigenvalue weighted by molar-refractivity contribution is 7.83. The van der Waals surface area contributed by atoms with E-state index in [1.54, 1.807) is 25.0 Å². The van der Waals surface area contributed by atoms with Gasteiger partial charge in [-0.05, 0) is 0 Å². The molecule has 18 heteroatoms. The van der Waals surface area contributed by atoms with Crippen LogP contribution in [0, 0.1) is 20.2 Å². The number of nitro groups is 2. The summed E-state index contributed by atoms with van der Waals surface area (Å²) in [6.07, 6.45) is 6.56. The Morgan fingerprint density at radius 2 is 1.12 bits per heavy atom. The van der Waals surface area contributed by atoms with Crippen molar-refractivity contribution in [3.8, 4) is 11.6 Å². The Hall–Kier alpha value is -3.02. The summed E-state index contributed by atoms with van der Waals surface area (Å²) >= 11 is 0. The Bertz CT molecular complexity index is 703. The van der Waals surface area contributed by atoms with E-state index in [-0.39, 0.29) is 23.5 Å². The number of rotatable bonds is 5. The van der Waals surface area contributed by atoms with Crippen molar-refractivity contribution >= 4 is 33.5 Å². The van der Waals surface area contributed by atoms with Gasteiger partial charge >= 0.3 is 0 Å². The molecule has 0 saturated heterocycles. The van der Waals surface area contributed by atoms with Crippen molar-refractivity contribution < 1.29 is 28.5 Å². The molecule has 26 heavy (non-hydrogen) atoms. The molecule has 0 aliphatic carbocycles. The van der Waals surface area contributed by atoms with Crippen molar-refractivity contribution in [2.24, 2.45) is 0 Å². The third-order valence-corrected chi connectivity index (χ3v) is 1.61. The van der Waals surface area contributed by atoms with Crippen LogP contribution < -0.4 is 9.97 Å². The highest BCUT2D eigenvalue weighted by atomic mass is 32.2. The third-order valence-electron chi connectivity index (χ3n) is 1.61. The normalized spacial score (nSPS) is 9.62. The van der Waals surface area contributed by atoms with Gasteiger partial charge in [0.05, 0.1) is 0 Å². The van der Waals surface area contributed by atoms with Crippen molar-refractivity contribution in [3.63, 3.8) is 0 Å². The summed E-state index contributed by atoms with van der Waals surface area (Å²) in [6, 6.07) is 0. The van der Waals surface area contributed by atoms with Crippen LogP contribution in [0.3, 0.4) is 0 Å². The van der Waals surface area contributed by atoms with Crippen LogP contribution in [-0.4, -0.2) is 63.9 Å². The fourth-order valence-electron chi connectivity index (χ4n) is 1.04. The van der Waals surface area contributed by atoms with Gasteiger partial charge in [0.25, 0.3) is 11.9 Å². The van der Waals surface area contributed by atoms with Gasteiger partial charge in [0.15, 0.2) is 21.7 Å². The highest BCUT2D eigenvalue weighted by Gasteiger charge is 2.15. The van der Waals surface area contributed by atoms with Gasteiger partial charge in [0, 0.05) is 46.6 Å². The van der Waals surface area contributed by atoms with Crippen LogP contribution in [0.4, 0.5) is 11.9 Å². The average Bonchev–Trinajstić information content (AvgIpc) is 3.05. The number of nitrogens with one attached hydrogen (secondary N) is 4. The molecule has 2 rings (SSSR count). The van der Waals surface area contributed by atoms with Gasteiger partial charge in [0.1, 0.15) is 10.9 Å². The number of aromatic amines is 4. The molecule has 0 amide bonds. The minimum atomic E-state index is -0.921. The van der Waals surface area contributed by atoms with E-state index >= 15 is 0 Å². The lowest BCUT2D eigenvalue weighted by molar-refractivity contribution is -0.449. The first-order valence-corrected chi connectivity index (χ1v) is 10.1. The van der Waals surface area contributed by atoms with Crippen molar-refractivity contribution in [2.45, 2.75) is 0 Å². The molecule has 0 spiro atoms. The molecule has 2 heterocycles. The minimum absolute atomic E-state index is 0.0663. The van der Waals surface area contributed by atoms with Crippen molar-refractivity contribution in [1.82, 2.24) is 20.4 Å². The van der Waals surface area contributed by atoms with Crippen LogP contribution in [0.25, 0.3) is 22.5 Å². The van der Waals surface area contributed by atoms with Gasteiger partial charge in [-0.1, -0.05) is 0 Å². The van der Waals surface area contributed by atoms with E-state index in [1.165, 1.54) is 0 Å². The summed E-state index contributed by atoms with van der Waals surface area (Å²) in [6.45, 7) is 0. The second kappa shape index (κ2) is 11.5. The molecule has 0 radical (unpaired) electrons. The molecule has 2 aromatic rings. The van der Waals surface area contributed by atoms with Gasteiger partial charge in [-0.2, -0.15) is 10.2 Å². The van der Waals surface area contributed by atoms with Crippen molar-refractivity contribution in [2.75, 3.05) is 25.0 Å². The molecule has 0 unspecified atom stereocenters. The first-order valence-electron chi connectivity index (χ1n) is 6.19. The quantitative estimate of drug-likeness (QED) is 0.446. The van der Waals surface area contributed by atoms with E-state index < -0.39 is 31.7 Å². The zero-order valence-corrected chi connectivity index (χ0v) is 15.6. The topological polar surface area (TPSA) is 234 Å². The van der Waals surface area contributed by atoms with Crippen molar-refractivity contribution in [1.29, 1.82) is 0 Å². The Labute approximate surface area is 150 Å². The maximum absolute atomic E-state index is 10.1. The molecule has 4 N–H and O–H groups in total. The first-order chi connectivity index (χ1) is 12.0. The second-order valence-electron chi connectivity index (χ2n) is 4.25. The van der Waals surface area contributed by atoms with Crippen LogP contribution in [0.15, 0.2) is 0 Å². The first kappa shape index (κ1) is 23.0. The van der Waals surface area contributed by atoms with E-state index in [1.807, 2.05) is 0 Å². The van der Waals surface area contributed by atoms with E-state index in [9.17, 15) is 28.6 Å². The molecule has 16 nitrogen and oxygen atoms in total. The molecule has 0 fully saturated rings. The molecule has 0 bridgehead atoms.